The summed E-state index contributed by atoms with van der Waals surface area (Å²) in [5.41, 5.74) is 7.27. The van der Waals surface area contributed by atoms with E-state index in [0.717, 1.165) is 17.0 Å². The molecule has 6 nitrogen and oxygen atoms in total. The number of primary amides is 1. The van der Waals surface area contributed by atoms with E-state index in [1.54, 1.807) is 20.8 Å². The number of halogens is 1. The van der Waals surface area contributed by atoms with Crippen LogP contribution in [-0.2, 0) is 4.74 Å². The van der Waals surface area contributed by atoms with Gasteiger partial charge in [-0.2, -0.15) is 0 Å². The minimum Gasteiger partial charge on any atom is -0.444 e. The molecule has 29 heavy (non-hydrogen) atoms. The van der Waals surface area contributed by atoms with Crippen LogP contribution in [0.1, 0.15) is 36.7 Å². The van der Waals surface area contributed by atoms with Gasteiger partial charge in [-0.3, -0.25) is 4.79 Å². The van der Waals surface area contributed by atoms with Gasteiger partial charge in [-0.25, -0.2) is 9.18 Å². The Morgan fingerprint density at radius 1 is 1.24 bits per heavy atom. The van der Waals surface area contributed by atoms with Gasteiger partial charge in [0.15, 0.2) is 0 Å². The molecule has 2 heterocycles. The highest BCUT2D eigenvalue weighted by atomic mass is 19.1. The van der Waals surface area contributed by atoms with E-state index in [9.17, 15) is 9.59 Å². The molecule has 0 spiro atoms. The van der Waals surface area contributed by atoms with Crippen molar-refractivity contribution in [2.75, 3.05) is 13.1 Å². The highest BCUT2D eigenvalue weighted by molar-refractivity contribution is 6.18. The van der Waals surface area contributed by atoms with E-state index in [1.165, 1.54) is 4.90 Å². The number of aromatic amines is 1. The van der Waals surface area contributed by atoms with Crippen LogP contribution in [-0.4, -0.2) is 40.6 Å². The number of ether oxygens (including phenoxy) is 1. The van der Waals surface area contributed by atoms with Crippen LogP contribution in [0.25, 0.3) is 27.4 Å². The van der Waals surface area contributed by atoms with Crippen molar-refractivity contribution in [3.8, 4) is 0 Å². The average Bonchev–Trinajstić information content (AvgIpc) is 3.25. The summed E-state index contributed by atoms with van der Waals surface area (Å²) in [5.74, 6) is -1.25. The zero-order valence-corrected chi connectivity index (χ0v) is 16.5. The molecule has 3 N–H and O–H groups in total. The van der Waals surface area contributed by atoms with Crippen LogP contribution in [0.4, 0.5) is 9.18 Å². The van der Waals surface area contributed by atoms with Gasteiger partial charge in [-0.05, 0) is 38.5 Å². The maximum atomic E-state index is 15.2. The first-order valence-corrected chi connectivity index (χ1v) is 9.36. The molecular weight excluding hydrogens is 373 g/mol. The molecule has 150 valence electrons. The molecule has 0 saturated carbocycles. The van der Waals surface area contributed by atoms with Gasteiger partial charge in [-0.15, -0.1) is 0 Å². The van der Waals surface area contributed by atoms with E-state index < -0.39 is 23.4 Å². The van der Waals surface area contributed by atoms with Crippen molar-refractivity contribution in [3.63, 3.8) is 0 Å². The summed E-state index contributed by atoms with van der Waals surface area (Å²) in [4.78, 5) is 29.0. The predicted molar refractivity (Wildman–Crippen MR) is 110 cm³/mol. The number of carbonyl (C=O) groups excluding carboxylic acids is 2. The summed E-state index contributed by atoms with van der Waals surface area (Å²) in [6, 6.07) is 8.59. The number of nitrogens with two attached hydrogens (primary N) is 1. The molecule has 0 aliphatic carbocycles. The molecule has 0 atom stereocenters. The van der Waals surface area contributed by atoms with Gasteiger partial charge in [0, 0.05) is 34.9 Å². The predicted octanol–water partition coefficient (Wildman–Crippen LogP) is 4.19. The van der Waals surface area contributed by atoms with Crippen LogP contribution in [0, 0.1) is 5.82 Å². The van der Waals surface area contributed by atoms with Crippen molar-refractivity contribution in [2.45, 2.75) is 26.4 Å². The summed E-state index contributed by atoms with van der Waals surface area (Å²) in [6.45, 7) is 5.94. The molecule has 0 saturated heterocycles. The SMILES string of the molecule is CC(C)(C)OC(=O)N1CC=C(c2c(F)cc(C(N)=O)c3[nH]c4ccccc4c23)C1. The number of rotatable bonds is 2. The van der Waals surface area contributed by atoms with E-state index in [4.69, 9.17) is 10.5 Å². The average molecular weight is 395 g/mol. The molecule has 1 aromatic heterocycles. The maximum Gasteiger partial charge on any atom is 0.410 e. The minimum absolute atomic E-state index is 0.0973. The lowest BCUT2D eigenvalue weighted by Gasteiger charge is -2.24. The lowest BCUT2D eigenvalue weighted by Crippen LogP contribution is -2.35. The van der Waals surface area contributed by atoms with Crippen LogP contribution in [0.2, 0.25) is 0 Å². The number of hydrogen-bond acceptors (Lipinski definition) is 3. The number of amides is 2. The van der Waals surface area contributed by atoms with Gasteiger partial charge < -0.3 is 20.4 Å². The second-order valence-corrected chi connectivity index (χ2v) is 8.16. The van der Waals surface area contributed by atoms with Crippen molar-refractivity contribution in [1.82, 2.24) is 9.88 Å². The van der Waals surface area contributed by atoms with Crippen molar-refractivity contribution < 1.29 is 18.7 Å². The summed E-state index contributed by atoms with van der Waals surface area (Å²) in [7, 11) is 0. The third-order valence-electron chi connectivity index (χ3n) is 4.89. The summed E-state index contributed by atoms with van der Waals surface area (Å²) < 4.78 is 20.6. The topological polar surface area (TPSA) is 88.4 Å². The molecule has 2 amide bonds. The largest absolute Gasteiger partial charge is 0.444 e. The van der Waals surface area contributed by atoms with Crippen molar-refractivity contribution in [1.29, 1.82) is 0 Å². The van der Waals surface area contributed by atoms with Gasteiger partial charge in [0.2, 0.25) is 0 Å². The Balaban J connectivity index is 1.83. The second kappa shape index (κ2) is 6.62. The van der Waals surface area contributed by atoms with E-state index in [2.05, 4.69) is 4.98 Å². The summed E-state index contributed by atoms with van der Waals surface area (Å²) in [5, 5.41) is 1.38. The highest BCUT2D eigenvalue weighted by Crippen LogP contribution is 2.37. The monoisotopic (exact) mass is 395 g/mol. The molecule has 1 aliphatic rings. The highest BCUT2D eigenvalue weighted by Gasteiger charge is 2.29. The molecule has 3 aromatic rings. The molecule has 0 bridgehead atoms. The summed E-state index contributed by atoms with van der Waals surface area (Å²) >= 11 is 0. The Kier molecular flexibility index (Phi) is 4.33. The number of carbonyl (C=O) groups is 2. The lowest BCUT2D eigenvalue weighted by molar-refractivity contribution is 0.0306. The minimum atomic E-state index is -0.706. The van der Waals surface area contributed by atoms with Gasteiger partial charge in [0.05, 0.1) is 11.1 Å². The quantitative estimate of drug-likeness (QED) is 0.682. The molecule has 0 fully saturated rings. The number of benzene rings is 2. The second-order valence-electron chi connectivity index (χ2n) is 8.16. The van der Waals surface area contributed by atoms with E-state index in [-0.39, 0.29) is 12.1 Å². The van der Waals surface area contributed by atoms with Crippen LogP contribution in [0.3, 0.4) is 0 Å². The zero-order chi connectivity index (χ0) is 20.9. The van der Waals surface area contributed by atoms with Crippen LogP contribution in [0.15, 0.2) is 36.4 Å². The first-order valence-electron chi connectivity index (χ1n) is 9.36. The molecule has 0 radical (unpaired) electrons. The van der Waals surface area contributed by atoms with Crippen molar-refractivity contribution in [2.24, 2.45) is 5.73 Å². The number of para-hydroxylation sites is 1. The van der Waals surface area contributed by atoms with Gasteiger partial charge in [0.25, 0.3) is 5.91 Å². The van der Waals surface area contributed by atoms with Crippen molar-refractivity contribution >= 4 is 39.4 Å². The third-order valence-corrected chi connectivity index (χ3v) is 4.89. The Bertz CT molecular complexity index is 1190. The normalized spacial score (nSPS) is 14.5. The fourth-order valence-corrected chi connectivity index (χ4v) is 3.70. The van der Waals surface area contributed by atoms with Gasteiger partial charge in [0.1, 0.15) is 11.4 Å². The van der Waals surface area contributed by atoms with Crippen molar-refractivity contribution in [3.05, 3.63) is 53.4 Å². The number of fused-ring (bicyclic) bond motifs is 3. The standard InChI is InChI=1S/C22H22FN3O3/c1-22(2,3)29-21(28)26-9-8-12(11-26)17-15(23)10-14(20(24)27)19-18(17)13-6-4-5-7-16(13)25-19/h4-8,10,25H,9,11H2,1-3H3,(H2,24,27). The van der Waals surface area contributed by atoms with Crippen LogP contribution >= 0.6 is 0 Å². The lowest BCUT2D eigenvalue weighted by atomic mass is 9.96. The zero-order valence-electron chi connectivity index (χ0n) is 16.5. The Morgan fingerprint density at radius 2 is 1.97 bits per heavy atom. The van der Waals surface area contributed by atoms with Gasteiger partial charge >= 0.3 is 6.09 Å². The molecule has 7 heteroatoms. The Hall–Kier alpha value is -3.35. The van der Waals surface area contributed by atoms with Crippen LogP contribution < -0.4 is 5.73 Å². The summed E-state index contributed by atoms with van der Waals surface area (Å²) in [6.07, 6.45) is 1.36. The molecule has 4 rings (SSSR count). The van der Waals surface area contributed by atoms with E-state index >= 15 is 4.39 Å². The number of nitrogens with one attached hydrogen (secondary N) is 1. The molecule has 1 aliphatic heterocycles. The smallest absolute Gasteiger partial charge is 0.410 e. The van der Waals surface area contributed by atoms with Gasteiger partial charge in [-0.1, -0.05) is 24.3 Å². The first kappa shape index (κ1) is 19.0. The number of H-pyrrole nitrogens is 1. The Morgan fingerprint density at radius 3 is 2.66 bits per heavy atom. The van der Waals surface area contributed by atoms with E-state index in [0.29, 0.717) is 28.6 Å². The Labute approximate surface area is 167 Å². The van der Waals surface area contributed by atoms with Crippen LogP contribution in [0.5, 0.6) is 0 Å². The molecular formula is C22H22FN3O3. The fraction of sp³-hybridized carbons (Fsp3) is 0.273. The third kappa shape index (κ3) is 3.33. The molecule has 0 unspecified atom stereocenters. The number of nitrogens with zero attached hydrogens (tertiary/aromatic N) is 1. The first-order chi connectivity index (χ1) is 13.7. The van der Waals surface area contributed by atoms with E-state index in [1.807, 2.05) is 30.3 Å². The molecule has 2 aromatic carbocycles. The maximum absolute atomic E-state index is 15.2. The fourth-order valence-electron chi connectivity index (χ4n) is 3.70. The number of aromatic nitrogens is 1. The number of hydrogen-bond donors (Lipinski definition) is 2.